The second-order valence-electron chi connectivity index (χ2n) is 6.49. The number of nitrogens with one attached hydrogen (secondary N) is 1. The number of benzene rings is 1. The largest absolute Gasteiger partial charge is 0.350 e. The Morgan fingerprint density at radius 1 is 1.21 bits per heavy atom. The van der Waals surface area contributed by atoms with Gasteiger partial charge < -0.3 is 5.32 Å². The van der Waals surface area contributed by atoms with Gasteiger partial charge in [0.1, 0.15) is 4.90 Å². The predicted molar refractivity (Wildman–Crippen MR) is 112 cm³/mol. The van der Waals surface area contributed by atoms with Crippen LogP contribution < -0.4 is 5.32 Å². The van der Waals surface area contributed by atoms with E-state index in [2.05, 4.69) is 5.32 Å². The van der Waals surface area contributed by atoms with E-state index >= 15 is 0 Å². The molecule has 1 fully saturated rings. The van der Waals surface area contributed by atoms with E-state index in [1.807, 2.05) is 29.3 Å². The molecule has 3 rings (SSSR count). The minimum atomic E-state index is -3.73. The van der Waals surface area contributed by atoms with E-state index < -0.39 is 10.0 Å². The lowest BCUT2D eigenvalue weighted by atomic mass is 10.2. The van der Waals surface area contributed by atoms with E-state index in [0.29, 0.717) is 24.7 Å². The average molecular weight is 462 g/mol. The Morgan fingerprint density at radius 2 is 1.93 bits per heavy atom. The molecule has 2 heterocycles. The zero-order valence-corrected chi connectivity index (χ0v) is 18.4. The van der Waals surface area contributed by atoms with E-state index in [-0.39, 0.29) is 35.0 Å². The summed E-state index contributed by atoms with van der Waals surface area (Å²) in [6, 6.07) is 7.98. The number of thiophene rings is 1. The van der Waals surface area contributed by atoms with Crippen molar-refractivity contribution in [2.45, 2.75) is 24.4 Å². The Morgan fingerprint density at radius 3 is 2.57 bits per heavy atom. The van der Waals surface area contributed by atoms with Gasteiger partial charge in [0.05, 0.1) is 17.6 Å². The first-order valence-electron chi connectivity index (χ1n) is 8.78. The van der Waals surface area contributed by atoms with Gasteiger partial charge in [-0.1, -0.05) is 29.3 Å². The number of nitrogens with zero attached hydrogens (tertiary/aromatic N) is 2. The number of piperazine rings is 1. The third-order valence-electron chi connectivity index (χ3n) is 4.73. The lowest BCUT2D eigenvalue weighted by Gasteiger charge is -2.36. The molecule has 1 aromatic carbocycles. The lowest BCUT2D eigenvalue weighted by molar-refractivity contribution is -0.126. The highest BCUT2D eigenvalue weighted by Gasteiger charge is 2.33. The minimum Gasteiger partial charge on any atom is -0.350 e. The third kappa shape index (κ3) is 4.87. The molecule has 0 bridgehead atoms. The van der Waals surface area contributed by atoms with Gasteiger partial charge in [-0.05, 0) is 36.6 Å². The molecule has 1 aromatic heterocycles. The summed E-state index contributed by atoms with van der Waals surface area (Å²) < 4.78 is 27.2. The van der Waals surface area contributed by atoms with E-state index in [4.69, 9.17) is 23.2 Å². The quantitative estimate of drug-likeness (QED) is 0.717. The van der Waals surface area contributed by atoms with Crippen molar-refractivity contribution < 1.29 is 13.2 Å². The zero-order valence-electron chi connectivity index (χ0n) is 15.3. The highest BCUT2D eigenvalue weighted by molar-refractivity contribution is 7.89. The van der Waals surface area contributed by atoms with Gasteiger partial charge in [-0.2, -0.15) is 4.31 Å². The van der Waals surface area contributed by atoms with Crippen LogP contribution in [-0.2, 0) is 21.4 Å². The Balaban J connectivity index is 1.58. The van der Waals surface area contributed by atoms with Crippen LogP contribution in [0.15, 0.2) is 40.6 Å². The molecule has 1 saturated heterocycles. The van der Waals surface area contributed by atoms with Gasteiger partial charge in [-0.15, -0.1) is 11.3 Å². The van der Waals surface area contributed by atoms with E-state index in [9.17, 15) is 13.2 Å². The van der Waals surface area contributed by atoms with Crippen molar-refractivity contribution in [2.24, 2.45) is 0 Å². The molecule has 0 unspecified atom stereocenters. The van der Waals surface area contributed by atoms with Gasteiger partial charge in [0.2, 0.25) is 15.9 Å². The second-order valence-corrected chi connectivity index (χ2v) is 10.3. The van der Waals surface area contributed by atoms with Crippen LogP contribution in [0.3, 0.4) is 0 Å². The van der Waals surface area contributed by atoms with Crippen LogP contribution in [0.25, 0.3) is 0 Å². The molecule has 152 valence electrons. The third-order valence-corrected chi connectivity index (χ3v) is 8.22. The van der Waals surface area contributed by atoms with E-state index in [1.165, 1.54) is 16.4 Å². The Bertz CT molecular complexity index is 928. The molecule has 2 aromatic rings. The molecule has 1 atom stereocenters. The second kappa shape index (κ2) is 9.11. The Hall–Kier alpha value is -1.16. The highest BCUT2D eigenvalue weighted by atomic mass is 35.5. The zero-order chi connectivity index (χ0) is 20.3. The fraction of sp³-hybridized carbons (Fsp3) is 0.389. The van der Waals surface area contributed by atoms with Gasteiger partial charge in [-0.3, -0.25) is 9.69 Å². The first-order chi connectivity index (χ1) is 13.3. The summed E-state index contributed by atoms with van der Waals surface area (Å²) in [6.07, 6.45) is 0. The topological polar surface area (TPSA) is 69.7 Å². The van der Waals surface area contributed by atoms with Crippen LogP contribution in [-0.4, -0.2) is 55.8 Å². The molecule has 1 amide bonds. The maximum atomic E-state index is 12.9. The van der Waals surface area contributed by atoms with Crippen LogP contribution in [0.5, 0.6) is 0 Å². The molecule has 0 saturated carbocycles. The summed E-state index contributed by atoms with van der Waals surface area (Å²) in [4.78, 5) is 15.5. The van der Waals surface area contributed by atoms with Crippen LogP contribution in [0.4, 0.5) is 0 Å². The maximum Gasteiger partial charge on any atom is 0.244 e. The molecule has 1 aliphatic rings. The lowest BCUT2D eigenvalue weighted by Crippen LogP contribution is -2.54. The number of rotatable bonds is 6. The molecule has 0 radical (unpaired) electrons. The van der Waals surface area contributed by atoms with Gasteiger partial charge >= 0.3 is 0 Å². The number of halogens is 2. The van der Waals surface area contributed by atoms with E-state index in [1.54, 1.807) is 17.4 Å². The van der Waals surface area contributed by atoms with Crippen molar-refractivity contribution >= 4 is 50.5 Å². The van der Waals surface area contributed by atoms with Crippen molar-refractivity contribution in [2.75, 3.05) is 26.2 Å². The van der Waals surface area contributed by atoms with Crippen LogP contribution in [0.1, 0.15) is 11.8 Å². The van der Waals surface area contributed by atoms with Gasteiger partial charge in [0, 0.05) is 36.1 Å². The first-order valence-corrected chi connectivity index (χ1v) is 11.9. The number of hydrogen-bond acceptors (Lipinski definition) is 5. The summed E-state index contributed by atoms with van der Waals surface area (Å²) in [5, 5.41) is 5.36. The maximum absolute atomic E-state index is 12.9. The Labute approximate surface area is 179 Å². The molecule has 28 heavy (non-hydrogen) atoms. The van der Waals surface area contributed by atoms with Gasteiger partial charge in [0.25, 0.3) is 0 Å². The summed E-state index contributed by atoms with van der Waals surface area (Å²) in [6.45, 7) is 3.83. The van der Waals surface area contributed by atoms with Crippen LogP contribution >= 0.6 is 34.5 Å². The van der Waals surface area contributed by atoms with Crippen molar-refractivity contribution in [1.29, 1.82) is 0 Å². The number of hydrogen-bond donors (Lipinski definition) is 1. The number of carbonyl (C=O) groups excluding carboxylic acids is 1. The minimum absolute atomic E-state index is 0.0110. The summed E-state index contributed by atoms with van der Waals surface area (Å²) in [5.41, 5.74) is 0. The van der Waals surface area contributed by atoms with E-state index in [0.717, 1.165) is 4.88 Å². The van der Waals surface area contributed by atoms with Crippen LogP contribution in [0.2, 0.25) is 10.0 Å². The molecule has 1 aliphatic heterocycles. The summed E-state index contributed by atoms with van der Waals surface area (Å²) in [5.74, 6) is -0.0670. The number of amides is 1. The summed E-state index contributed by atoms with van der Waals surface area (Å²) in [7, 11) is -3.73. The van der Waals surface area contributed by atoms with Crippen molar-refractivity contribution in [3.05, 3.63) is 50.6 Å². The fourth-order valence-corrected chi connectivity index (χ4v) is 5.85. The first kappa shape index (κ1) is 21.5. The molecule has 10 heteroatoms. The molecular weight excluding hydrogens is 441 g/mol. The van der Waals surface area contributed by atoms with Gasteiger partial charge in [-0.25, -0.2) is 8.42 Å². The monoisotopic (exact) mass is 461 g/mol. The number of sulfonamides is 1. The predicted octanol–water partition coefficient (Wildman–Crippen LogP) is 3.07. The summed E-state index contributed by atoms with van der Waals surface area (Å²) >= 11 is 13.6. The molecule has 1 N–H and O–H groups in total. The average Bonchev–Trinajstić information content (AvgIpc) is 3.21. The smallest absolute Gasteiger partial charge is 0.244 e. The van der Waals surface area contributed by atoms with Crippen LogP contribution in [0, 0.1) is 0 Å². The van der Waals surface area contributed by atoms with Crippen molar-refractivity contribution in [3.8, 4) is 0 Å². The van der Waals surface area contributed by atoms with Crippen molar-refractivity contribution in [3.63, 3.8) is 0 Å². The Kier molecular flexibility index (Phi) is 7.01. The highest BCUT2D eigenvalue weighted by Crippen LogP contribution is 2.28. The standard InChI is InChI=1S/C18H21Cl2N3O3S2/c1-13(18(24)21-12-15-3-2-10-27-15)22-6-8-23(9-7-22)28(25,26)17-11-14(19)4-5-16(17)20/h2-5,10-11,13H,6-9,12H2,1H3,(H,21,24)/t13-/m1/s1. The van der Waals surface area contributed by atoms with Crippen molar-refractivity contribution in [1.82, 2.24) is 14.5 Å². The fourth-order valence-electron chi connectivity index (χ4n) is 3.05. The molecule has 0 spiro atoms. The molecule has 6 nitrogen and oxygen atoms in total. The SMILES string of the molecule is C[C@H](C(=O)NCc1cccs1)N1CCN(S(=O)(=O)c2cc(Cl)ccc2Cl)CC1. The number of carbonyl (C=O) groups is 1. The molecular formula is C18H21Cl2N3O3S2. The molecule has 0 aliphatic carbocycles. The normalized spacial score (nSPS) is 17.4. The van der Waals surface area contributed by atoms with Gasteiger partial charge in [0.15, 0.2) is 0 Å².